The Kier molecular flexibility index (Phi) is 3.58. The molecule has 1 heterocycles. The molecule has 18 heavy (non-hydrogen) atoms. The highest BCUT2D eigenvalue weighted by Gasteiger charge is 2.45. The van der Waals surface area contributed by atoms with Crippen LogP contribution in [0.3, 0.4) is 0 Å². The van der Waals surface area contributed by atoms with E-state index in [0.717, 1.165) is 0 Å². The van der Waals surface area contributed by atoms with Crippen LogP contribution in [0.25, 0.3) is 0 Å². The predicted octanol–water partition coefficient (Wildman–Crippen LogP) is 0.258. The first-order chi connectivity index (χ1) is 8.45. The summed E-state index contributed by atoms with van der Waals surface area (Å²) >= 11 is 0. The minimum Gasteiger partial charge on any atom is -0.394 e. The molecule has 3 N–H and O–H groups in total. The van der Waals surface area contributed by atoms with Crippen LogP contribution in [0, 0.1) is 17.5 Å². The lowest BCUT2D eigenvalue weighted by atomic mass is 10.0. The van der Waals surface area contributed by atoms with E-state index in [1.165, 1.54) is 0 Å². The third kappa shape index (κ3) is 2.10. The number of benzene rings is 1. The van der Waals surface area contributed by atoms with Crippen LogP contribution in [0.2, 0.25) is 0 Å². The Bertz CT molecular complexity index is 431. The van der Waals surface area contributed by atoms with Crippen LogP contribution in [0.4, 0.5) is 13.2 Å². The Hall–Kier alpha value is -1.15. The topological polar surface area (TPSA) is 69.9 Å². The monoisotopic (exact) mass is 264 g/mol. The summed E-state index contributed by atoms with van der Waals surface area (Å²) in [6.07, 6.45) is -5.70. The third-order valence-corrected chi connectivity index (χ3v) is 2.87. The molecule has 1 fully saturated rings. The van der Waals surface area contributed by atoms with Crippen LogP contribution in [-0.4, -0.2) is 40.2 Å². The second-order valence-electron chi connectivity index (χ2n) is 4.04. The van der Waals surface area contributed by atoms with Gasteiger partial charge in [0.2, 0.25) is 0 Å². The van der Waals surface area contributed by atoms with Crippen molar-refractivity contribution in [2.24, 2.45) is 0 Å². The van der Waals surface area contributed by atoms with Crippen molar-refractivity contribution in [3.63, 3.8) is 0 Å². The van der Waals surface area contributed by atoms with E-state index in [1.54, 1.807) is 0 Å². The molecule has 0 aromatic heterocycles. The Morgan fingerprint density at radius 2 is 1.61 bits per heavy atom. The van der Waals surface area contributed by atoms with E-state index in [1.807, 2.05) is 0 Å². The molecule has 1 saturated heterocycles. The van der Waals surface area contributed by atoms with E-state index in [-0.39, 0.29) is 0 Å². The number of halogens is 3. The van der Waals surface area contributed by atoms with Crippen LogP contribution < -0.4 is 0 Å². The number of hydrogen-bond donors (Lipinski definition) is 3. The molecule has 100 valence electrons. The van der Waals surface area contributed by atoms with Gasteiger partial charge in [0.25, 0.3) is 0 Å². The molecule has 1 aromatic rings. The molecule has 4 atom stereocenters. The first-order valence-corrected chi connectivity index (χ1v) is 5.22. The summed E-state index contributed by atoms with van der Waals surface area (Å²) in [5.74, 6) is -3.54. The number of rotatable bonds is 2. The summed E-state index contributed by atoms with van der Waals surface area (Å²) in [5, 5.41) is 27.9. The fraction of sp³-hybridized carbons (Fsp3) is 0.455. The molecule has 0 radical (unpaired) electrons. The van der Waals surface area contributed by atoms with Crippen molar-refractivity contribution in [2.45, 2.75) is 24.4 Å². The van der Waals surface area contributed by atoms with Crippen LogP contribution in [0.1, 0.15) is 11.7 Å². The molecule has 1 aliphatic heterocycles. The van der Waals surface area contributed by atoms with Gasteiger partial charge in [-0.3, -0.25) is 0 Å². The van der Waals surface area contributed by atoms with Gasteiger partial charge in [-0.2, -0.15) is 0 Å². The predicted molar refractivity (Wildman–Crippen MR) is 53.0 cm³/mol. The lowest BCUT2D eigenvalue weighted by Crippen LogP contribution is -2.32. The Morgan fingerprint density at radius 3 is 2.06 bits per heavy atom. The maximum atomic E-state index is 13.5. The normalized spacial score (nSPS) is 31.9. The molecule has 2 rings (SSSR count). The quantitative estimate of drug-likeness (QED) is 0.716. The smallest absolute Gasteiger partial charge is 0.134 e. The highest BCUT2D eigenvalue weighted by molar-refractivity contribution is 5.25. The third-order valence-electron chi connectivity index (χ3n) is 2.87. The van der Waals surface area contributed by atoms with Gasteiger partial charge >= 0.3 is 0 Å². The minimum atomic E-state index is -1.60. The lowest BCUT2D eigenvalue weighted by molar-refractivity contribution is -0.0247. The number of hydrogen-bond acceptors (Lipinski definition) is 4. The first kappa shape index (κ1) is 13.3. The van der Waals surface area contributed by atoms with E-state index >= 15 is 0 Å². The van der Waals surface area contributed by atoms with Gasteiger partial charge in [0.05, 0.1) is 12.2 Å². The average Bonchev–Trinajstić information content (AvgIpc) is 2.56. The molecular formula is C11H11F3O4. The number of aliphatic hydroxyl groups is 3. The van der Waals surface area contributed by atoms with Crippen molar-refractivity contribution in [3.05, 3.63) is 35.1 Å². The van der Waals surface area contributed by atoms with Crippen molar-refractivity contribution >= 4 is 0 Å². The first-order valence-electron chi connectivity index (χ1n) is 5.22. The van der Waals surface area contributed by atoms with Gasteiger partial charge < -0.3 is 20.1 Å². The van der Waals surface area contributed by atoms with E-state index in [9.17, 15) is 23.4 Å². The summed E-state index contributed by atoms with van der Waals surface area (Å²) in [4.78, 5) is 0. The van der Waals surface area contributed by atoms with Crippen molar-refractivity contribution in [1.82, 2.24) is 0 Å². The summed E-state index contributed by atoms with van der Waals surface area (Å²) in [7, 11) is 0. The molecule has 0 aliphatic carbocycles. The highest BCUT2D eigenvalue weighted by atomic mass is 19.1. The van der Waals surface area contributed by atoms with E-state index < -0.39 is 54.0 Å². The van der Waals surface area contributed by atoms with E-state index in [4.69, 9.17) is 9.84 Å². The van der Waals surface area contributed by atoms with Crippen LogP contribution in [-0.2, 0) is 4.74 Å². The van der Waals surface area contributed by atoms with Crippen molar-refractivity contribution in [2.75, 3.05) is 6.61 Å². The standard InChI is InChI=1S/C11H11F3O4/c12-4-1-5(13)8(6(14)2-4)11-10(17)9(16)7(3-15)18-11/h1-2,7,9-11,15-17H,3H2/t7-,9-,10-,11+/m1/s1. The fourth-order valence-corrected chi connectivity index (χ4v) is 1.96. The zero-order valence-corrected chi connectivity index (χ0v) is 9.05. The second-order valence-corrected chi connectivity index (χ2v) is 4.04. The van der Waals surface area contributed by atoms with Gasteiger partial charge in [0.1, 0.15) is 41.9 Å². The molecule has 0 spiro atoms. The second kappa shape index (κ2) is 4.85. The summed E-state index contributed by atoms with van der Waals surface area (Å²) in [6, 6.07) is 0.903. The SMILES string of the molecule is OC[C@H]1O[C@@H](c2c(F)cc(F)cc2F)[C@H](O)[C@@H]1O. The molecule has 0 unspecified atom stereocenters. The lowest BCUT2D eigenvalue weighted by Gasteiger charge is -2.16. The molecule has 4 nitrogen and oxygen atoms in total. The van der Waals surface area contributed by atoms with E-state index in [0.29, 0.717) is 12.1 Å². The largest absolute Gasteiger partial charge is 0.394 e. The highest BCUT2D eigenvalue weighted by Crippen LogP contribution is 2.36. The molecule has 0 amide bonds. The molecule has 0 saturated carbocycles. The van der Waals surface area contributed by atoms with Crippen molar-refractivity contribution < 1.29 is 33.2 Å². The van der Waals surface area contributed by atoms with E-state index in [2.05, 4.69) is 0 Å². The molecule has 1 aromatic carbocycles. The average molecular weight is 264 g/mol. The van der Waals surface area contributed by atoms with Gasteiger partial charge in [0, 0.05) is 12.1 Å². The van der Waals surface area contributed by atoms with Gasteiger partial charge in [0.15, 0.2) is 0 Å². The summed E-state index contributed by atoms with van der Waals surface area (Å²) in [5.41, 5.74) is -0.668. The van der Waals surface area contributed by atoms with Gasteiger partial charge in [-0.25, -0.2) is 13.2 Å². The van der Waals surface area contributed by atoms with Crippen LogP contribution in [0.15, 0.2) is 12.1 Å². The minimum absolute atomic E-state index is 0.452. The maximum Gasteiger partial charge on any atom is 0.134 e. The van der Waals surface area contributed by atoms with Crippen molar-refractivity contribution in [1.29, 1.82) is 0 Å². The van der Waals surface area contributed by atoms with Gasteiger partial charge in [-0.1, -0.05) is 0 Å². The molecule has 1 aliphatic rings. The molecule has 0 bridgehead atoms. The molecular weight excluding hydrogens is 253 g/mol. The fourth-order valence-electron chi connectivity index (χ4n) is 1.96. The summed E-state index contributed by atoms with van der Waals surface area (Å²) in [6.45, 7) is -0.612. The van der Waals surface area contributed by atoms with Crippen LogP contribution >= 0.6 is 0 Å². The zero-order chi connectivity index (χ0) is 13.4. The number of ether oxygens (including phenoxy) is 1. The summed E-state index contributed by atoms with van der Waals surface area (Å²) < 4.78 is 44.7. The zero-order valence-electron chi connectivity index (χ0n) is 9.05. The maximum absolute atomic E-state index is 13.5. The van der Waals surface area contributed by atoms with Crippen molar-refractivity contribution in [3.8, 4) is 0 Å². The Morgan fingerprint density at radius 1 is 1.06 bits per heavy atom. The number of aliphatic hydroxyl groups excluding tert-OH is 3. The molecule has 7 heteroatoms. The Labute approximate surface area is 100 Å². The Balaban J connectivity index is 2.38. The van der Waals surface area contributed by atoms with Crippen LogP contribution in [0.5, 0.6) is 0 Å². The van der Waals surface area contributed by atoms with Gasteiger partial charge in [-0.15, -0.1) is 0 Å². The van der Waals surface area contributed by atoms with Gasteiger partial charge in [-0.05, 0) is 0 Å².